The molecule has 0 saturated carbocycles. The number of amides is 1. The molecule has 2 aliphatic rings. The molecular formula is C16H20N2O3. The molecule has 3 rings (SSSR count). The molecule has 112 valence electrons. The van der Waals surface area contributed by atoms with E-state index in [4.69, 9.17) is 4.74 Å². The third-order valence-electron chi connectivity index (χ3n) is 4.08. The number of rotatable bonds is 2. The van der Waals surface area contributed by atoms with Gasteiger partial charge >= 0.3 is 5.91 Å². The minimum Gasteiger partial charge on any atom is -0.376 e. The molecule has 0 aliphatic carbocycles. The fourth-order valence-corrected chi connectivity index (χ4v) is 3.15. The largest absolute Gasteiger partial charge is 0.376 e. The summed E-state index contributed by atoms with van der Waals surface area (Å²) in [6.07, 6.45) is 0.158. The van der Waals surface area contributed by atoms with E-state index in [-0.39, 0.29) is 11.9 Å². The molecule has 0 radical (unpaired) electrons. The van der Waals surface area contributed by atoms with Gasteiger partial charge in [-0.05, 0) is 38.0 Å². The number of aryl methyl sites for hydroxylation is 2. The summed E-state index contributed by atoms with van der Waals surface area (Å²) < 4.78 is 5.52. The third kappa shape index (κ3) is 2.47. The van der Waals surface area contributed by atoms with Crippen LogP contribution in [0.5, 0.6) is 0 Å². The van der Waals surface area contributed by atoms with Crippen molar-refractivity contribution in [3.05, 3.63) is 28.8 Å². The van der Waals surface area contributed by atoms with E-state index in [1.807, 2.05) is 32.9 Å². The number of hydrogen-bond donors (Lipinski definition) is 0. The number of ether oxygens (including phenoxy) is 1. The summed E-state index contributed by atoms with van der Waals surface area (Å²) in [6, 6.07) is 3.87. The highest BCUT2D eigenvalue weighted by Crippen LogP contribution is 2.32. The zero-order chi connectivity index (χ0) is 15.1. The van der Waals surface area contributed by atoms with E-state index in [1.165, 1.54) is 0 Å². The Morgan fingerprint density at radius 1 is 1.29 bits per heavy atom. The van der Waals surface area contributed by atoms with Gasteiger partial charge in [-0.15, -0.1) is 0 Å². The van der Waals surface area contributed by atoms with Crippen LogP contribution in [0, 0.1) is 13.8 Å². The average Bonchev–Trinajstić information content (AvgIpc) is 2.64. The highest BCUT2D eigenvalue weighted by molar-refractivity contribution is 6.52. The molecule has 1 aromatic carbocycles. The Bertz CT molecular complexity index is 612. The number of morpholine rings is 1. The number of nitrogens with zero attached hydrogens (tertiary/aromatic N) is 2. The molecule has 1 fully saturated rings. The molecular weight excluding hydrogens is 268 g/mol. The van der Waals surface area contributed by atoms with Gasteiger partial charge in [0.2, 0.25) is 0 Å². The SMILES string of the molecule is Cc1cc(C)c2c(c1)N(CN1CCO[C@@H](C)C1)C(=O)C2=O. The van der Waals surface area contributed by atoms with E-state index in [0.717, 1.165) is 29.9 Å². The van der Waals surface area contributed by atoms with Crippen molar-refractivity contribution in [2.24, 2.45) is 0 Å². The van der Waals surface area contributed by atoms with E-state index in [0.29, 0.717) is 18.8 Å². The van der Waals surface area contributed by atoms with Crippen molar-refractivity contribution >= 4 is 17.4 Å². The lowest BCUT2D eigenvalue weighted by molar-refractivity contribution is -0.115. The van der Waals surface area contributed by atoms with Crippen molar-refractivity contribution < 1.29 is 14.3 Å². The maximum absolute atomic E-state index is 12.3. The summed E-state index contributed by atoms with van der Waals surface area (Å²) in [5.41, 5.74) is 3.25. The molecule has 1 atom stereocenters. The number of ketones is 1. The van der Waals surface area contributed by atoms with Gasteiger partial charge < -0.3 is 4.74 Å². The van der Waals surface area contributed by atoms with Crippen molar-refractivity contribution in [3.8, 4) is 0 Å². The van der Waals surface area contributed by atoms with Crippen molar-refractivity contribution in [2.75, 3.05) is 31.3 Å². The Labute approximate surface area is 124 Å². The van der Waals surface area contributed by atoms with E-state index in [1.54, 1.807) is 4.90 Å². The molecule has 0 bridgehead atoms. The lowest BCUT2D eigenvalue weighted by atomic mass is 10.0. The number of hydrogen-bond acceptors (Lipinski definition) is 4. The van der Waals surface area contributed by atoms with Crippen LogP contribution in [0.4, 0.5) is 5.69 Å². The van der Waals surface area contributed by atoms with Crippen molar-refractivity contribution in [1.29, 1.82) is 0 Å². The first-order valence-corrected chi connectivity index (χ1v) is 7.29. The van der Waals surface area contributed by atoms with Crippen LogP contribution in [0.1, 0.15) is 28.4 Å². The summed E-state index contributed by atoms with van der Waals surface area (Å²) in [7, 11) is 0. The summed E-state index contributed by atoms with van der Waals surface area (Å²) >= 11 is 0. The van der Waals surface area contributed by atoms with Crippen LogP contribution in [0.15, 0.2) is 12.1 Å². The highest BCUT2D eigenvalue weighted by atomic mass is 16.5. The van der Waals surface area contributed by atoms with Crippen molar-refractivity contribution in [1.82, 2.24) is 4.90 Å². The fraction of sp³-hybridized carbons (Fsp3) is 0.500. The Hall–Kier alpha value is -1.72. The second-order valence-electron chi connectivity index (χ2n) is 5.94. The molecule has 1 saturated heterocycles. The molecule has 2 heterocycles. The fourth-order valence-electron chi connectivity index (χ4n) is 3.15. The molecule has 1 aromatic rings. The van der Waals surface area contributed by atoms with Gasteiger partial charge in [0, 0.05) is 13.1 Å². The molecule has 1 amide bonds. The van der Waals surface area contributed by atoms with Crippen LogP contribution in [0.2, 0.25) is 0 Å². The monoisotopic (exact) mass is 288 g/mol. The van der Waals surface area contributed by atoms with E-state index in [9.17, 15) is 9.59 Å². The zero-order valence-electron chi connectivity index (χ0n) is 12.7. The zero-order valence-corrected chi connectivity index (χ0v) is 12.7. The Balaban J connectivity index is 1.90. The van der Waals surface area contributed by atoms with Crippen LogP contribution < -0.4 is 4.90 Å². The second kappa shape index (κ2) is 5.24. The van der Waals surface area contributed by atoms with Crippen molar-refractivity contribution in [2.45, 2.75) is 26.9 Å². The first-order chi connectivity index (χ1) is 9.97. The van der Waals surface area contributed by atoms with Crippen LogP contribution in [-0.2, 0) is 9.53 Å². The van der Waals surface area contributed by atoms with Gasteiger partial charge in [0.25, 0.3) is 5.78 Å². The Morgan fingerprint density at radius 2 is 2.05 bits per heavy atom. The lowest BCUT2D eigenvalue weighted by Gasteiger charge is -2.33. The molecule has 0 N–H and O–H groups in total. The quantitative estimate of drug-likeness (QED) is 0.774. The van der Waals surface area contributed by atoms with E-state index >= 15 is 0 Å². The smallest absolute Gasteiger partial charge is 0.300 e. The predicted molar refractivity (Wildman–Crippen MR) is 79.6 cm³/mol. The number of anilines is 1. The van der Waals surface area contributed by atoms with E-state index in [2.05, 4.69) is 4.90 Å². The standard InChI is InChI=1S/C16H20N2O3/c1-10-6-11(2)14-13(7-10)18(16(20)15(14)19)9-17-4-5-21-12(3)8-17/h6-7,12H,4-5,8-9H2,1-3H3/t12-/m0/s1. The predicted octanol–water partition coefficient (Wildman–Crippen LogP) is 1.51. The first kappa shape index (κ1) is 14.2. The van der Waals surface area contributed by atoms with Crippen molar-refractivity contribution in [3.63, 3.8) is 0 Å². The Kier molecular flexibility index (Phi) is 3.55. The van der Waals surface area contributed by atoms with E-state index < -0.39 is 5.91 Å². The number of carbonyl (C=O) groups is 2. The number of Topliss-reactive ketones (excluding diaryl/α,β-unsaturated/α-hetero) is 1. The van der Waals surface area contributed by atoms with Gasteiger partial charge in [0.1, 0.15) is 0 Å². The molecule has 0 spiro atoms. The lowest BCUT2D eigenvalue weighted by Crippen LogP contribution is -2.48. The van der Waals surface area contributed by atoms with Crippen LogP contribution in [-0.4, -0.2) is 49.1 Å². The summed E-state index contributed by atoms with van der Waals surface area (Å²) in [6.45, 7) is 8.56. The molecule has 5 heteroatoms. The van der Waals surface area contributed by atoms with Gasteiger partial charge in [0.15, 0.2) is 0 Å². The van der Waals surface area contributed by atoms with Gasteiger partial charge in [-0.25, -0.2) is 0 Å². The highest BCUT2D eigenvalue weighted by Gasteiger charge is 2.38. The van der Waals surface area contributed by atoms with Gasteiger partial charge in [-0.2, -0.15) is 0 Å². The second-order valence-corrected chi connectivity index (χ2v) is 5.94. The number of fused-ring (bicyclic) bond motifs is 1. The minimum absolute atomic E-state index is 0.158. The Morgan fingerprint density at radius 3 is 2.76 bits per heavy atom. The molecule has 0 unspecified atom stereocenters. The first-order valence-electron chi connectivity index (χ1n) is 7.29. The minimum atomic E-state index is -0.419. The summed E-state index contributed by atoms with van der Waals surface area (Å²) in [4.78, 5) is 28.3. The summed E-state index contributed by atoms with van der Waals surface area (Å²) in [5, 5.41) is 0. The van der Waals surface area contributed by atoms with Gasteiger partial charge in [0.05, 0.1) is 30.6 Å². The summed E-state index contributed by atoms with van der Waals surface area (Å²) in [5.74, 6) is -0.804. The molecule has 21 heavy (non-hydrogen) atoms. The average molecular weight is 288 g/mol. The van der Waals surface area contributed by atoms with Gasteiger partial charge in [-0.1, -0.05) is 6.07 Å². The van der Waals surface area contributed by atoms with Crippen LogP contribution >= 0.6 is 0 Å². The maximum atomic E-state index is 12.3. The number of carbonyl (C=O) groups excluding carboxylic acids is 2. The topological polar surface area (TPSA) is 49.9 Å². The molecule has 5 nitrogen and oxygen atoms in total. The maximum Gasteiger partial charge on any atom is 0.300 e. The molecule has 0 aromatic heterocycles. The van der Waals surface area contributed by atoms with Gasteiger partial charge in [-0.3, -0.25) is 19.4 Å². The normalized spacial score (nSPS) is 22.8. The molecule has 2 aliphatic heterocycles. The number of benzene rings is 1. The van der Waals surface area contributed by atoms with Crippen LogP contribution in [0.3, 0.4) is 0 Å². The third-order valence-corrected chi connectivity index (χ3v) is 4.08. The van der Waals surface area contributed by atoms with Crippen LogP contribution in [0.25, 0.3) is 0 Å².